The van der Waals surface area contributed by atoms with Crippen LogP contribution in [-0.4, -0.2) is 36.4 Å². The number of hydrogen-bond donors (Lipinski definition) is 2. The molecule has 108 valence electrons. The van der Waals surface area contributed by atoms with E-state index in [0.717, 1.165) is 4.90 Å². The van der Waals surface area contributed by atoms with E-state index in [1.807, 2.05) is 0 Å². The van der Waals surface area contributed by atoms with Crippen molar-refractivity contribution in [1.82, 2.24) is 0 Å². The highest BCUT2D eigenvalue weighted by Gasteiger charge is 2.27. The van der Waals surface area contributed by atoms with Crippen molar-refractivity contribution in [1.29, 1.82) is 0 Å². The van der Waals surface area contributed by atoms with Crippen molar-refractivity contribution in [3.05, 3.63) is 18.2 Å². The van der Waals surface area contributed by atoms with Crippen molar-refractivity contribution in [2.24, 2.45) is 0 Å². The molecule has 0 spiro atoms. The Kier molecular flexibility index (Phi) is 4.05. The smallest absolute Gasteiger partial charge is 0.304 e. The molecule has 0 aromatic heterocycles. The number of carboxylic acids is 1. The summed E-state index contributed by atoms with van der Waals surface area (Å²) in [5.41, 5.74) is 0.454. The number of thioether (sulfide) groups is 1. The number of sulfone groups is 1. The van der Waals surface area contributed by atoms with Gasteiger partial charge in [-0.1, -0.05) is 0 Å². The van der Waals surface area contributed by atoms with Crippen LogP contribution in [0.15, 0.2) is 28.0 Å². The number of anilines is 1. The van der Waals surface area contributed by atoms with Crippen LogP contribution in [0, 0.1) is 0 Å². The molecule has 0 fully saturated rings. The molecule has 8 heteroatoms. The topological polar surface area (TPSA) is 101 Å². The van der Waals surface area contributed by atoms with Crippen molar-refractivity contribution in [3.63, 3.8) is 0 Å². The third-order valence-corrected chi connectivity index (χ3v) is 6.11. The number of carbonyl (C=O) groups is 2. The fourth-order valence-electron chi connectivity index (χ4n) is 1.83. The van der Waals surface area contributed by atoms with Crippen molar-refractivity contribution in [3.8, 4) is 0 Å². The van der Waals surface area contributed by atoms with E-state index >= 15 is 0 Å². The highest BCUT2D eigenvalue weighted by Crippen LogP contribution is 2.34. The summed E-state index contributed by atoms with van der Waals surface area (Å²) in [4.78, 5) is 22.8. The lowest BCUT2D eigenvalue weighted by atomic mass is 10.3. The molecule has 1 aliphatic heterocycles. The Morgan fingerprint density at radius 3 is 2.85 bits per heavy atom. The van der Waals surface area contributed by atoms with E-state index in [0.29, 0.717) is 11.4 Å². The summed E-state index contributed by atoms with van der Waals surface area (Å²) < 4.78 is 24.5. The van der Waals surface area contributed by atoms with Gasteiger partial charge < -0.3 is 10.4 Å². The zero-order valence-corrected chi connectivity index (χ0v) is 12.3. The van der Waals surface area contributed by atoms with Gasteiger partial charge in [-0.2, -0.15) is 0 Å². The molecule has 1 aromatic carbocycles. The highest BCUT2D eigenvalue weighted by molar-refractivity contribution is 8.00. The Hall–Kier alpha value is -1.54. The Morgan fingerprint density at radius 2 is 2.20 bits per heavy atom. The highest BCUT2D eigenvalue weighted by atomic mass is 32.2. The van der Waals surface area contributed by atoms with E-state index in [1.54, 1.807) is 6.07 Å². The number of hydrogen-bond acceptors (Lipinski definition) is 5. The van der Waals surface area contributed by atoms with Crippen LogP contribution in [0.4, 0.5) is 5.69 Å². The third kappa shape index (κ3) is 2.96. The minimum Gasteiger partial charge on any atom is -0.481 e. The lowest BCUT2D eigenvalue weighted by Gasteiger charge is -2.18. The van der Waals surface area contributed by atoms with Gasteiger partial charge in [0, 0.05) is 4.90 Å². The average molecular weight is 315 g/mol. The second-order valence-electron chi connectivity index (χ2n) is 4.45. The fraction of sp³-hybridized carbons (Fsp3) is 0.333. The summed E-state index contributed by atoms with van der Waals surface area (Å²) in [5.74, 6) is -1.05. The molecule has 1 unspecified atom stereocenters. The molecule has 0 aliphatic carbocycles. The second-order valence-corrected chi connectivity index (χ2v) is 7.83. The fourth-order valence-corrected chi connectivity index (χ4v) is 3.98. The maximum Gasteiger partial charge on any atom is 0.304 e. The van der Waals surface area contributed by atoms with Crippen molar-refractivity contribution >= 4 is 39.2 Å². The lowest BCUT2D eigenvalue weighted by molar-refractivity contribution is -0.136. The van der Waals surface area contributed by atoms with E-state index in [4.69, 9.17) is 5.11 Å². The van der Waals surface area contributed by atoms with E-state index in [1.165, 1.54) is 30.8 Å². The summed E-state index contributed by atoms with van der Waals surface area (Å²) in [7, 11) is -3.73. The van der Waals surface area contributed by atoms with Gasteiger partial charge in [0.1, 0.15) is 0 Å². The van der Waals surface area contributed by atoms with Crippen LogP contribution < -0.4 is 5.32 Å². The summed E-state index contributed by atoms with van der Waals surface area (Å²) in [6.07, 6.45) is -0.458. The Balaban J connectivity index is 2.36. The van der Waals surface area contributed by atoms with E-state index < -0.39 is 27.5 Å². The summed E-state index contributed by atoms with van der Waals surface area (Å²) in [6.45, 7) is 1.36. The first-order valence-electron chi connectivity index (χ1n) is 5.83. The van der Waals surface area contributed by atoms with Gasteiger partial charge >= 0.3 is 5.97 Å². The Morgan fingerprint density at radius 1 is 1.50 bits per heavy atom. The van der Waals surface area contributed by atoms with Crippen molar-refractivity contribution < 1.29 is 23.1 Å². The van der Waals surface area contributed by atoms with Gasteiger partial charge in [-0.3, -0.25) is 9.59 Å². The first-order chi connectivity index (χ1) is 9.30. The molecule has 0 radical (unpaired) electrons. The molecule has 20 heavy (non-hydrogen) atoms. The molecular weight excluding hydrogens is 302 g/mol. The number of nitrogens with one attached hydrogen (secondary N) is 1. The molecule has 0 saturated carbocycles. The maximum atomic E-state index is 12.3. The van der Waals surface area contributed by atoms with Crippen LogP contribution >= 0.6 is 11.8 Å². The van der Waals surface area contributed by atoms with E-state index in [2.05, 4.69) is 5.32 Å². The monoisotopic (exact) mass is 315 g/mol. The quantitative estimate of drug-likeness (QED) is 0.870. The van der Waals surface area contributed by atoms with Crippen LogP contribution in [0.25, 0.3) is 0 Å². The predicted molar refractivity (Wildman–Crippen MR) is 74.7 cm³/mol. The zero-order chi connectivity index (χ0) is 14.9. The number of amides is 1. The second kappa shape index (κ2) is 5.45. The predicted octanol–water partition coefficient (Wildman–Crippen LogP) is 1.37. The van der Waals surface area contributed by atoms with Gasteiger partial charge in [-0.25, -0.2) is 8.42 Å². The number of aliphatic carboxylic acids is 1. The molecule has 6 nitrogen and oxygen atoms in total. The van der Waals surface area contributed by atoms with Crippen LogP contribution in [0.3, 0.4) is 0 Å². The minimum absolute atomic E-state index is 0.0211. The number of rotatable bonds is 4. The molecule has 1 aromatic rings. The normalized spacial score (nSPS) is 16.1. The molecular formula is C12H13NO5S2. The molecule has 2 N–H and O–H groups in total. The standard InChI is InChI=1S/C12H13NO5S2/c1-7(4-12(15)16)20(17,18)8-2-3-10-9(5-8)13-11(14)6-19-10/h2-3,5,7H,4,6H2,1H3,(H,13,14)(H,15,16). The minimum atomic E-state index is -3.73. The number of benzene rings is 1. The largest absolute Gasteiger partial charge is 0.481 e. The summed E-state index contributed by atoms with van der Waals surface area (Å²) in [6, 6.07) is 4.45. The lowest BCUT2D eigenvalue weighted by Crippen LogP contribution is -2.23. The van der Waals surface area contributed by atoms with Gasteiger partial charge in [0.05, 0.1) is 28.0 Å². The third-order valence-electron chi connectivity index (χ3n) is 2.90. The molecule has 0 saturated heterocycles. The summed E-state index contributed by atoms with van der Waals surface area (Å²) in [5, 5.41) is 10.3. The van der Waals surface area contributed by atoms with Gasteiger partial charge in [-0.15, -0.1) is 11.8 Å². The van der Waals surface area contributed by atoms with Gasteiger partial charge in [-0.05, 0) is 25.1 Å². The van der Waals surface area contributed by atoms with Crippen LogP contribution in [-0.2, 0) is 19.4 Å². The average Bonchev–Trinajstić information content (AvgIpc) is 2.36. The molecule has 1 aliphatic rings. The van der Waals surface area contributed by atoms with Crippen LogP contribution in [0.5, 0.6) is 0 Å². The van der Waals surface area contributed by atoms with Crippen molar-refractivity contribution in [2.75, 3.05) is 11.1 Å². The van der Waals surface area contributed by atoms with Gasteiger partial charge in [0.15, 0.2) is 9.84 Å². The first-order valence-corrected chi connectivity index (χ1v) is 8.36. The SMILES string of the molecule is CC(CC(=O)O)S(=O)(=O)c1ccc2c(c1)NC(=O)CS2. The van der Waals surface area contributed by atoms with E-state index in [9.17, 15) is 18.0 Å². The zero-order valence-electron chi connectivity index (χ0n) is 10.6. The molecule has 0 bridgehead atoms. The van der Waals surface area contributed by atoms with Crippen molar-refractivity contribution in [2.45, 2.75) is 28.4 Å². The molecule has 1 amide bonds. The van der Waals surface area contributed by atoms with Crippen LogP contribution in [0.2, 0.25) is 0 Å². The van der Waals surface area contributed by atoms with Crippen LogP contribution in [0.1, 0.15) is 13.3 Å². The number of carboxylic acid groups (broad SMARTS) is 1. The number of carbonyl (C=O) groups excluding carboxylic acids is 1. The Bertz CT molecular complexity index is 668. The Labute approximate surface area is 120 Å². The van der Waals surface area contributed by atoms with Gasteiger partial charge in [0.2, 0.25) is 5.91 Å². The van der Waals surface area contributed by atoms with E-state index in [-0.39, 0.29) is 10.8 Å². The molecule has 2 rings (SSSR count). The summed E-state index contributed by atoms with van der Waals surface area (Å²) >= 11 is 1.33. The van der Waals surface area contributed by atoms with Gasteiger partial charge in [0.25, 0.3) is 0 Å². The molecule has 1 atom stereocenters. The number of fused-ring (bicyclic) bond motifs is 1. The first kappa shape index (κ1) is 14.9. The maximum absolute atomic E-state index is 12.3. The molecule has 1 heterocycles.